The van der Waals surface area contributed by atoms with E-state index in [0.29, 0.717) is 17.6 Å². The molecule has 4 nitrogen and oxygen atoms in total. The molecule has 3 rings (SSSR count). The fourth-order valence-electron chi connectivity index (χ4n) is 2.54. The van der Waals surface area contributed by atoms with Crippen molar-refractivity contribution in [1.29, 1.82) is 0 Å². The molecule has 1 atom stereocenters. The average Bonchev–Trinajstić information content (AvgIpc) is 3.00. The van der Waals surface area contributed by atoms with Crippen LogP contribution in [0.25, 0.3) is 10.8 Å². The van der Waals surface area contributed by atoms with Crippen LogP contribution in [-0.2, 0) is 0 Å². The fourth-order valence-corrected chi connectivity index (χ4v) is 2.85. The van der Waals surface area contributed by atoms with Gasteiger partial charge in [0, 0.05) is 6.54 Å². The molecular weight excluding hydrogens is 358 g/mol. The third-order valence-electron chi connectivity index (χ3n) is 3.68. The first-order chi connectivity index (χ1) is 11.1. The molecule has 1 unspecified atom stereocenters. The maximum Gasteiger partial charge on any atom is 0.287 e. The first kappa shape index (κ1) is 15.8. The first-order valence-corrected chi connectivity index (χ1v) is 8.14. The molecular formula is C18H16BrNO3. The van der Waals surface area contributed by atoms with Crippen molar-refractivity contribution >= 4 is 32.6 Å². The van der Waals surface area contributed by atoms with E-state index in [-0.39, 0.29) is 11.7 Å². The van der Waals surface area contributed by atoms with E-state index in [1.54, 1.807) is 12.1 Å². The normalized spacial score (nSPS) is 12.3. The summed E-state index contributed by atoms with van der Waals surface area (Å²) < 4.78 is 5.70. The van der Waals surface area contributed by atoms with Crippen LogP contribution in [0.5, 0.6) is 0 Å². The standard InChI is InChI=1S/C18H16BrNO3/c19-17-9-8-16(23-17)18(22)20-11-10-15(21)14-7-3-5-12-4-1-2-6-13(12)14/h1-9,15,21H,10-11H2,(H,20,22). The Bertz CT molecular complexity index is 823. The fraction of sp³-hybridized carbons (Fsp3) is 0.167. The molecule has 0 saturated carbocycles. The monoisotopic (exact) mass is 373 g/mol. The number of nitrogens with one attached hydrogen (secondary N) is 1. The van der Waals surface area contributed by atoms with E-state index in [0.717, 1.165) is 16.3 Å². The van der Waals surface area contributed by atoms with Gasteiger partial charge in [0.2, 0.25) is 0 Å². The van der Waals surface area contributed by atoms with Crippen LogP contribution in [0.1, 0.15) is 28.6 Å². The molecule has 2 aromatic carbocycles. The van der Waals surface area contributed by atoms with Gasteiger partial charge in [-0.3, -0.25) is 4.79 Å². The number of furan rings is 1. The van der Waals surface area contributed by atoms with E-state index < -0.39 is 6.10 Å². The predicted molar refractivity (Wildman–Crippen MR) is 92.3 cm³/mol. The molecule has 1 amide bonds. The Morgan fingerprint density at radius 3 is 2.70 bits per heavy atom. The second kappa shape index (κ2) is 6.98. The van der Waals surface area contributed by atoms with Gasteiger partial charge in [-0.25, -0.2) is 0 Å². The Morgan fingerprint density at radius 1 is 1.13 bits per heavy atom. The van der Waals surface area contributed by atoms with Gasteiger partial charge in [0.1, 0.15) is 0 Å². The van der Waals surface area contributed by atoms with E-state index in [4.69, 9.17) is 4.42 Å². The molecule has 0 bridgehead atoms. The highest BCUT2D eigenvalue weighted by atomic mass is 79.9. The van der Waals surface area contributed by atoms with Gasteiger partial charge in [-0.15, -0.1) is 0 Å². The zero-order chi connectivity index (χ0) is 16.2. The zero-order valence-corrected chi connectivity index (χ0v) is 13.9. The largest absolute Gasteiger partial charge is 0.444 e. The lowest BCUT2D eigenvalue weighted by molar-refractivity contribution is 0.0914. The van der Waals surface area contributed by atoms with Crippen molar-refractivity contribution < 1.29 is 14.3 Å². The molecule has 0 spiro atoms. The van der Waals surface area contributed by atoms with Crippen LogP contribution < -0.4 is 5.32 Å². The van der Waals surface area contributed by atoms with Gasteiger partial charge in [0.25, 0.3) is 5.91 Å². The number of aliphatic hydroxyl groups excluding tert-OH is 1. The van der Waals surface area contributed by atoms with Crippen LogP contribution in [0.2, 0.25) is 0 Å². The van der Waals surface area contributed by atoms with Gasteiger partial charge >= 0.3 is 0 Å². The SMILES string of the molecule is O=C(NCCC(O)c1cccc2ccccc12)c1ccc(Br)o1. The lowest BCUT2D eigenvalue weighted by Gasteiger charge is -2.14. The maximum atomic E-state index is 11.9. The number of fused-ring (bicyclic) bond motifs is 1. The van der Waals surface area contributed by atoms with Crippen LogP contribution in [0.15, 0.2) is 63.7 Å². The second-order valence-corrected chi connectivity index (χ2v) is 6.01. The number of rotatable bonds is 5. The molecule has 0 aliphatic rings. The first-order valence-electron chi connectivity index (χ1n) is 7.34. The molecule has 5 heteroatoms. The predicted octanol–water partition coefficient (Wildman–Crippen LogP) is 4.05. The van der Waals surface area contributed by atoms with Crippen LogP contribution in [-0.4, -0.2) is 17.6 Å². The Morgan fingerprint density at radius 2 is 1.91 bits per heavy atom. The molecule has 0 aliphatic heterocycles. The summed E-state index contributed by atoms with van der Waals surface area (Å²) in [6, 6.07) is 17.1. The van der Waals surface area contributed by atoms with Crippen molar-refractivity contribution in [2.45, 2.75) is 12.5 Å². The highest BCUT2D eigenvalue weighted by molar-refractivity contribution is 9.10. The molecule has 0 radical (unpaired) electrons. The third-order valence-corrected chi connectivity index (χ3v) is 4.11. The highest BCUT2D eigenvalue weighted by Gasteiger charge is 2.13. The smallest absolute Gasteiger partial charge is 0.287 e. The summed E-state index contributed by atoms with van der Waals surface area (Å²) in [6.07, 6.45) is -0.202. The molecule has 0 saturated heterocycles. The Hall–Kier alpha value is -2.11. The molecule has 2 N–H and O–H groups in total. The second-order valence-electron chi connectivity index (χ2n) is 5.23. The molecule has 0 fully saturated rings. The van der Waals surface area contributed by atoms with Crippen LogP contribution in [0.3, 0.4) is 0 Å². The summed E-state index contributed by atoms with van der Waals surface area (Å²) in [5.74, 6) is -0.0441. The minimum absolute atomic E-state index is 0.247. The number of halogens is 1. The van der Waals surface area contributed by atoms with Crippen molar-refractivity contribution in [3.05, 3.63) is 70.6 Å². The van der Waals surface area contributed by atoms with E-state index >= 15 is 0 Å². The van der Waals surface area contributed by atoms with Crippen LogP contribution in [0, 0.1) is 0 Å². The van der Waals surface area contributed by atoms with E-state index in [9.17, 15) is 9.90 Å². The number of hydrogen-bond donors (Lipinski definition) is 2. The van der Waals surface area contributed by atoms with Crippen LogP contribution in [0.4, 0.5) is 0 Å². The average molecular weight is 374 g/mol. The van der Waals surface area contributed by atoms with Crippen molar-refractivity contribution in [1.82, 2.24) is 5.32 Å². The number of carbonyl (C=O) groups is 1. The van der Waals surface area contributed by atoms with Crippen LogP contribution >= 0.6 is 15.9 Å². The quantitative estimate of drug-likeness (QED) is 0.708. The lowest BCUT2D eigenvalue weighted by atomic mass is 9.99. The van der Waals surface area contributed by atoms with Gasteiger partial charge in [-0.1, -0.05) is 42.5 Å². The summed E-state index contributed by atoms with van der Waals surface area (Å²) in [4.78, 5) is 11.9. The maximum absolute atomic E-state index is 11.9. The summed E-state index contributed by atoms with van der Waals surface area (Å²) in [7, 11) is 0. The number of amides is 1. The van der Waals surface area contributed by atoms with Gasteiger partial charge in [-0.05, 0) is 50.8 Å². The molecule has 0 aliphatic carbocycles. The van der Waals surface area contributed by atoms with Crippen molar-refractivity contribution in [3.63, 3.8) is 0 Å². The van der Waals surface area contributed by atoms with E-state index in [2.05, 4.69) is 21.2 Å². The lowest BCUT2D eigenvalue weighted by Crippen LogP contribution is -2.25. The van der Waals surface area contributed by atoms with Gasteiger partial charge < -0.3 is 14.8 Å². The van der Waals surface area contributed by atoms with Gasteiger partial charge in [-0.2, -0.15) is 0 Å². The summed E-state index contributed by atoms with van der Waals surface area (Å²) >= 11 is 3.16. The van der Waals surface area contributed by atoms with Crippen molar-refractivity contribution in [2.24, 2.45) is 0 Å². The minimum atomic E-state index is -0.635. The Labute approximate surface area is 142 Å². The number of hydrogen-bond acceptors (Lipinski definition) is 3. The summed E-state index contributed by atoms with van der Waals surface area (Å²) in [5.41, 5.74) is 0.873. The Balaban J connectivity index is 1.63. The molecule has 3 aromatic rings. The van der Waals surface area contributed by atoms with Gasteiger partial charge in [0.05, 0.1) is 6.10 Å². The summed E-state index contributed by atoms with van der Waals surface area (Å²) in [5, 5.41) is 15.3. The molecule has 1 aromatic heterocycles. The van der Waals surface area contributed by atoms with E-state index in [1.807, 2.05) is 42.5 Å². The molecule has 23 heavy (non-hydrogen) atoms. The zero-order valence-electron chi connectivity index (χ0n) is 12.3. The Kier molecular flexibility index (Phi) is 4.79. The minimum Gasteiger partial charge on any atom is -0.444 e. The van der Waals surface area contributed by atoms with Crippen molar-refractivity contribution in [2.75, 3.05) is 6.54 Å². The topological polar surface area (TPSA) is 62.5 Å². The van der Waals surface area contributed by atoms with Gasteiger partial charge in [0.15, 0.2) is 10.4 Å². The molecule has 118 valence electrons. The number of aliphatic hydroxyl groups is 1. The third kappa shape index (κ3) is 3.63. The number of carbonyl (C=O) groups excluding carboxylic acids is 1. The molecule has 1 heterocycles. The van der Waals surface area contributed by atoms with Crippen molar-refractivity contribution in [3.8, 4) is 0 Å². The summed E-state index contributed by atoms with van der Waals surface area (Å²) in [6.45, 7) is 0.363. The highest BCUT2D eigenvalue weighted by Crippen LogP contribution is 2.25. The van der Waals surface area contributed by atoms with E-state index in [1.165, 1.54) is 0 Å². The number of benzene rings is 2.